The van der Waals surface area contributed by atoms with Crippen molar-refractivity contribution >= 4 is 180 Å². The first-order chi connectivity index (χ1) is 72.2. The Hall–Kier alpha value is -14.9. The summed E-state index contributed by atoms with van der Waals surface area (Å²) in [7, 11) is 6.27. The van der Waals surface area contributed by atoms with Crippen molar-refractivity contribution in [3.8, 4) is 41.1 Å². The van der Waals surface area contributed by atoms with Crippen LogP contribution in [0, 0.1) is 12.3 Å². The van der Waals surface area contributed by atoms with Gasteiger partial charge in [-0.3, -0.25) is 14.7 Å². The Morgan fingerprint density at radius 1 is 0.403 bits per heavy atom. The number of rotatable bonds is 15. The number of thiocarbonyl (C=S) groups is 2. The average molecular weight is 2230 g/mol. The third-order valence-electron chi connectivity index (χ3n) is 26.8. The van der Waals surface area contributed by atoms with Crippen molar-refractivity contribution in [1.82, 2.24) is 49.4 Å². The molecule has 5 aliphatic rings. The Bertz CT molecular complexity index is 7910. The molecule has 0 aliphatic carbocycles. The van der Waals surface area contributed by atoms with Crippen LogP contribution >= 0.6 is 91.1 Å². The molecule has 22 rings (SSSR count). The molecule has 23 nitrogen and oxygen atoms in total. The maximum Gasteiger partial charge on any atom is 0.416 e. The number of hydrogen-bond donors (Lipinski definition) is 5. The van der Waals surface area contributed by atoms with E-state index in [1.165, 1.54) is 46.9 Å². The van der Waals surface area contributed by atoms with Crippen LogP contribution in [0.15, 0.2) is 307 Å². The largest absolute Gasteiger partial charge is 0.497 e. The molecule has 12 aromatic carbocycles. The number of fused-ring (bicyclic) bond motifs is 15. The molecule has 5 N–H and O–H groups in total. The molecule has 0 spiro atoms. The number of terminal acetylenes is 1. The zero-order chi connectivity index (χ0) is 104. The number of methoxy groups -OCH3 is 4. The van der Waals surface area contributed by atoms with Crippen LogP contribution in [0.25, 0.3) is 54.5 Å². The predicted molar refractivity (Wildman–Crippen MR) is 589 cm³/mol. The molecule has 149 heavy (non-hydrogen) atoms. The summed E-state index contributed by atoms with van der Waals surface area (Å²) in [6.07, 6.45) is 6.08. The van der Waals surface area contributed by atoms with E-state index in [-0.39, 0.29) is 54.6 Å². The molecule has 10 heterocycles. The average Bonchev–Trinajstić information content (AvgIpc) is 1.62. The summed E-state index contributed by atoms with van der Waals surface area (Å²) in [4.78, 5) is 76.7. The molecule has 5 aromatic heterocycles. The van der Waals surface area contributed by atoms with Gasteiger partial charge in [-0.15, -0.1) is 6.42 Å². The summed E-state index contributed by atoms with van der Waals surface area (Å²) in [6.45, 7) is 10.1. The van der Waals surface area contributed by atoms with Gasteiger partial charge in [0.05, 0.1) is 57.9 Å². The van der Waals surface area contributed by atoms with E-state index in [1.807, 2.05) is 223 Å². The Balaban J connectivity index is 0.000000122. The topological polar surface area (TPSA) is 246 Å². The quantitative estimate of drug-likeness (QED) is 0.0160. The summed E-state index contributed by atoms with van der Waals surface area (Å²) >= 11 is 37.2. The second-order valence-corrected chi connectivity index (χ2v) is 39.2. The summed E-state index contributed by atoms with van der Waals surface area (Å²) in [5, 5.41) is 8.32. The minimum atomic E-state index is -4.39. The standard InChI is InChI=1S/C26H21BrN2O3S.C25H18BrF3N2OS.C22H21ClN2O3.C22H19ClN2O3.C21H19ClN2O3/c1-31-25(30)17-9-7-16(8-10-17)24-23-20(21-15-18(27)11-12-22(21)28-23)13-14-29(24)26(33)32-19-5-3-2-4-6-19;26-17-10-11-21-20(14-17)19-12-13-31(24(33)32-18-4-2-1-3-5-18)23(22(19)30-21)15-6-8-16(9-7-15)25(27,28)29;2*1-3-12-28-22(26)25-11-10-17-18-13-15(23)6-9-19(18)24-20(17)21(25)14-4-7-16(27-2)8-5-14;1-3-27-21(25)24-11-10-16-17-12-14(22)6-9-18(17)23-19(16)20(24)13-4-7-15(26-2)8-5-13/h2-12,15,24,28H,13-14H2,1H3;1-11,14,23,30H,12-13H2;3-9,13,21,24H,1,10-12H2,2H3;1,4-9,13,21,24H,10-12H2,2H3;3-9,12,20,23H,1,10-11H2,2H3. The first-order valence-electron chi connectivity index (χ1n) is 47.6. The number of halogens is 8. The van der Waals surface area contributed by atoms with Gasteiger partial charge in [0.1, 0.15) is 53.5 Å². The Kier molecular flexibility index (Phi) is 32.3. The SMILES string of the molecule is C#CCOC(=O)N1CCc2c([nH]c3ccc(Cl)cc23)C1c1ccc(OC)cc1.C=CCOC(=O)N1CCc2c([nH]c3ccc(Cl)cc23)C1c1ccc(OC)cc1.C=COC(=O)N1CCc2c([nH]c3ccc(Cl)cc23)C1c1ccc(OC)cc1.COC(=O)c1ccc(C2c3[nH]c4ccc(Br)cc4c3CCN2C(=S)Oc2ccccc2)cc1.FC(F)(F)c1ccc(C2c3[nH]c4ccc(Br)cc4c3CCN2C(=S)Oc2ccccc2)cc1. The van der Waals surface area contributed by atoms with E-state index in [2.05, 4.69) is 99.0 Å². The number of ether oxygens (including phenoxy) is 9. The zero-order valence-electron chi connectivity index (χ0n) is 80.9. The monoisotopic (exact) mass is 2220 g/mol. The normalized spacial score (nSPS) is 15.8. The van der Waals surface area contributed by atoms with Gasteiger partial charge in [-0.2, -0.15) is 13.2 Å². The third kappa shape index (κ3) is 22.6. The summed E-state index contributed by atoms with van der Waals surface area (Å²) in [5.74, 6) is 5.58. The number of nitrogens with zero attached hydrogens (tertiary/aromatic N) is 5. The molecule has 0 saturated heterocycles. The zero-order valence-corrected chi connectivity index (χ0v) is 88.0. The molecule has 33 heteroatoms. The van der Waals surface area contributed by atoms with Gasteiger partial charge in [-0.25, -0.2) is 19.2 Å². The molecule has 0 bridgehead atoms. The fraction of sp³-hybridized carbons (Fsp3) is 0.190. The molecular weight excluding hydrogens is 2130 g/mol. The van der Waals surface area contributed by atoms with E-state index >= 15 is 0 Å². The van der Waals surface area contributed by atoms with Gasteiger partial charge >= 0.3 is 30.4 Å². The van der Waals surface area contributed by atoms with Crippen molar-refractivity contribution in [3.05, 3.63) is 418 Å². The number of carbonyl (C=O) groups excluding carboxylic acids is 4. The minimum Gasteiger partial charge on any atom is -0.497 e. The lowest BCUT2D eigenvalue weighted by atomic mass is 9.92. The number of carbonyl (C=O) groups is 4. The number of aromatic amines is 5. The van der Waals surface area contributed by atoms with E-state index < -0.39 is 30.0 Å². The maximum atomic E-state index is 13.2. The van der Waals surface area contributed by atoms with E-state index in [9.17, 15) is 32.3 Å². The van der Waals surface area contributed by atoms with Crippen LogP contribution < -0.4 is 23.7 Å². The highest BCUT2D eigenvalue weighted by Crippen LogP contribution is 2.48. The molecule has 5 unspecified atom stereocenters. The predicted octanol–water partition coefficient (Wildman–Crippen LogP) is 28.0. The van der Waals surface area contributed by atoms with E-state index in [1.54, 1.807) is 54.2 Å². The molecule has 0 fully saturated rings. The fourth-order valence-electron chi connectivity index (χ4n) is 20.0. The second kappa shape index (κ2) is 46.2. The summed E-state index contributed by atoms with van der Waals surface area (Å²) < 4.78 is 89.8. The fourth-order valence-corrected chi connectivity index (χ4v) is 21.8. The molecule has 0 radical (unpaired) electrons. The molecule has 758 valence electrons. The number of hydrogen-bond acceptors (Lipinski definition) is 15. The van der Waals surface area contributed by atoms with E-state index in [4.69, 9.17) is 108 Å². The van der Waals surface area contributed by atoms with Crippen molar-refractivity contribution < 1.29 is 75.0 Å². The third-order valence-corrected chi connectivity index (χ3v) is 29.1. The Morgan fingerprint density at radius 3 is 1.02 bits per heavy atom. The van der Waals surface area contributed by atoms with Gasteiger partial charge in [0, 0.05) is 140 Å². The summed E-state index contributed by atoms with van der Waals surface area (Å²) in [5.41, 5.74) is 20.3. The molecule has 0 saturated carbocycles. The lowest BCUT2D eigenvalue weighted by Gasteiger charge is -2.37. The number of esters is 1. The van der Waals surface area contributed by atoms with Crippen LogP contribution in [0.5, 0.6) is 28.7 Å². The molecule has 5 aliphatic heterocycles. The van der Waals surface area contributed by atoms with Crippen LogP contribution in [0.1, 0.15) is 130 Å². The van der Waals surface area contributed by atoms with Gasteiger partial charge in [-0.05, 0) is 288 Å². The van der Waals surface area contributed by atoms with Gasteiger partial charge in [0.15, 0.2) is 6.61 Å². The van der Waals surface area contributed by atoms with Crippen molar-refractivity contribution in [2.45, 2.75) is 68.5 Å². The highest BCUT2D eigenvalue weighted by molar-refractivity contribution is 9.10. The Labute approximate surface area is 899 Å². The molecule has 17 aromatic rings. The van der Waals surface area contributed by atoms with Gasteiger partial charge in [0.25, 0.3) is 10.3 Å². The highest BCUT2D eigenvalue weighted by atomic mass is 79.9. The van der Waals surface area contributed by atoms with Crippen LogP contribution in [0.3, 0.4) is 0 Å². The van der Waals surface area contributed by atoms with Gasteiger partial charge in [-0.1, -0.05) is 189 Å². The van der Waals surface area contributed by atoms with Gasteiger partial charge in [0.2, 0.25) is 0 Å². The lowest BCUT2D eigenvalue weighted by Crippen LogP contribution is -2.42. The van der Waals surface area contributed by atoms with Crippen molar-refractivity contribution in [3.63, 3.8) is 0 Å². The second-order valence-electron chi connectivity index (χ2n) is 35.4. The maximum absolute atomic E-state index is 13.2. The van der Waals surface area contributed by atoms with Crippen molar-refractivity contribution in [2.24, 2.45) is 0 Å². The minimum absolute atomic E-state index is 0.0557. The van der Waals surface area contributed by atoms with Crippen molar-refractivity contribution in [1.29, 1.82) is 0 Å². The number of para-hydroxylation sites is 2. The Morgan fingerprint density at radius 2 is 0.705 bits per heavy atom. The molecule has 3 amide bonds. The first kappa shape index (κ1) is 104. The number of benzene rings is 12. The number of amides is 3. The highest BCUT2D eigenvalue weighted by Gasteiger charge is 2.42. The smallest absolute Gasteiger partial charge is 0.416 e. The van der Waals surface area contributed by atoms with E-state index in [0.29, 0.717) is 88.4 Å². The lowest BCUT2D eigenvalue weighted by molar-refractivity contribution is -0.137. The van der Waals surface area contributed by atoms with Crippen LogP contribution in [-0.4, -0.2) is 158 Å². The number of aromatic nitrogens is 5. The van der Waals surface area contributed by atoms with Crippen LogP contribution in [0.2, 0.25) is 15.1 Å². The van der Waals surface area contributed by atoms with Gasteiger partial charge < -0.3 is 77.4 Å². The molecule has 5 atom stereocenters. The number of alkyl halides is 3. The number of nitrogens with one attached hydrogen (secondary N) is 5. The van der Waals surface area contributed by atoms with Crippen molar-refractivity contribution in [2.75, 3.05) is 74.4 Å². The van der Waals surface area contributed by atoms with E-state index in [0.717, 1.165) is 169 Å². The number of H-pyrrole nitrogens is 5. The summed E-state index contributed by atoms with van der Waals surface area (Å²) in [6, 6.07) is 82.8. The van der Waals surface area contributed by atoms with Crippen LogP contribution in [0.4, 0.5) is 27.6 Å². The molecular formula is C116H98Br2Cl3F3N10O13S2. The van der Waals surface area contributed by atoms with Crippen LogP contribution in [-0.2, 0) is 57.2 Å². The first-order valence-corrected chi connectivity index (χ1v) is 51.1.